The van der Waals surface area contributed by atoms with Crippen molar-refractivity contribution in [1.82, 2.24) is 4.98 Å². The van der Waals surface area contributed by atoms with E-state index in [0.717, 1.165) is 0 Å². The lowest BCUT2D eigenvalue weighted by Gasteiger charge is -2.03. The largest absolute Gasteiger partial charge is 0.398 e. The maximum absolute atomic E-state index is 12.7. The first-order valence-corrected chi connectivity index (χ1v) is 4.68. The van der Waals surface area contributed by atoms with Crippen LogP contribution >= 0.6 is 0 Å². The molecule has 0 aliphatic rings. The standard InChI is InChI=1S/C12H9FN2O/c13-9-3-1-8(2-4-9)12(16)10-7-15-6-5-11(10)14/h1-7H,(H2,14,15). The highest BCUT2D eigenvalue weighted by atomic mass is 19.1. The molecule has 0 atom stereocenters. The molecule has 2 rings (SSSR count). The van der Waals surface area contributed by atoms with E-state index in [9.17, 15) is 9.18 Å². The summed E-state index contributed by atoms with van der Waals surface area (Å²) in [5.41, 5.74) is 6.74. The fourth-order valence-electron chi connectivity index (χ4n) is 1.35. The zero-order valence-electron chi connectivity index (χ0n) is 8.35. The van der Waals surface area contributed by atoms with Crippen LogP contribution in [-0.4, -0.2) is 10.8 Å². The van der Waals surface area contributed by atoms with Crippen molar-refractivity contribution in [2.24, 2.45) is 0 Å². The number of hydrogen-bond donors (Lipinski definition) is 1. The number of pyridine rings is 1. The van der Waals surface area contributed by atoms with Crippen molar-refractivity contribution in [3.8, 4) is 0 Å². The number of aromatic nitrogens is 1. The van der Waals surface area contributed by atoms with Crippen LogP contribution in [0.1, 0.15) is 15.9 Å². The highest BCUT2D eigenvalue weighted by molar-refractivity contribution is 6.11. The number of nitrogens with two attached hydrogens (primary N) is 1. The van der Waals surface area contributed by atoms with Gasteiger partial charge >= 0.3 is 0 Å². The van der Waals surface area contributed by atoms with Gasteiger partial charge in [0.25, 0.3) is 0 Å². The van der Waals surface area contributed by atoms with Gasteiger partial charge in [-0.2, -0.15) is 0 Å². The van der Waals surface area contributed by atoms with Gasteiger partial charge < -0.3 is 5.73 Å². The van der Waals surface area contributed by atoms with Crippen molar-refractivity contribution >= 4 is 11.5 Å². The Balaban J connectivity index is 2.40. The number of carbonyl (C=O) groups excluding carboxylic acids is 1. The lowest BCUT2D eigenvalue weighted by Crippen LogP contribution is -2.05. The minimum Gasteiger partial charge on any atom is -0.398 e. The molecule has 0 aliphatic carbocycles. The molecule has 3 nitrogen and oxygen atoms in total. The number of nitrogens with zero attached hydrogens (tertiary/aromatic N) is 1. The van der Waals surface area contributed by atoms with Crippen LogP contribution in [0.3, 0.4) is 0 Å². The summed E-state index contributed by atoms with van der Waals surface area (Å²) in [6.07, 6.45) is 2.91. The molecule has 0 bridgehead atoms. The van der Waals surface area contributed by atoms with Crippen LogP contribution in [-0.2, 0) is 0 Å². The molecule has 0 radical (unpaired) electrons. The molecule has 0 saturated heterocycles. The number of ketones is 1. The number of nitrogen functional groups attached to an aromatic ring is 1. The molecule has 80 valence electrons. The van der Waals surface area contributed by atoms with E-state index >= 15 is 0 Å². The number of rotatable bonds is 2. The molecule has 16 heavy (non-hydrogen) atoms. The summed E-state index contributed by atoms with van der Waals surface area (Å²) in [4.78, 5) is 15.8. The number of carbonyl (C=O) groups is 1. The Morgan fingerprint density at radius 3 is 2.50 bits per heavy atom. The fraction of sp³-hybridized carbons (Fsp3) is 0. The normalized spacial score (nSPS) is 10.1. The third kappa shape index (κ3) is 1.91. The van der Waals surface area contributed by atoms with Crippen LogP contribution in [0.5, 0.6) is 0 Å². The Hall–Kier alpha value is -2.23. The molecule has 4 heteroatoms. The van der Waals surface area contributed by atoms with Gasteiger partial charge in [0, 0.05) is 23.6 Å². The second kappa shape index (κ2) is 4.10. The molecule has 0 unspecified atom stereocenters. The molecular weight excluding hydrogens is 207 g/mol. The van der Waals surface area contributed by atoms with Crippen LogP contribution in [0.15, 0.2) is 42.7 Å². The van der Waals surface area contributed by atoms with Gasteiger partial charge in [-0.1, -0.05) is 0 Å². The summed E-state index contributed by atoms with van der Waals surface area (Å²) in [5, 5.41) is 0. The highest BCUT2D eigenvalue weighted by Crippen LogP contribution is 2.15. The first-order valence-electron chi connectivity index (χ1n) is 4.68. The minimum absolute atomic E-state index is 0.259. The summed E-state index contributed by atoms with van der Waals surface area (Å²) < 4.78 is 12.7. The zero-order valence-corrected chi connectivity index (χ0v) is 8.35. The van der Waals surface area contributed by atoms with Crippen molar-refractivity contribution in [3.63, 3.8) is 0 Å². The number of hydrogen-bond acceptors (Lipinski definition) is 3. The van der Waals surface area contributed by atoms with E-state index in [2.05, 4.69) is 4.98 Å². The summed E-state index contributed by atoms with van der Waals surface area (Å²) in [6.45, 7) is 0. The van der Waals surface area contributed by atoms with Crippen molar-refractivity contribution in [2.75, 3.05) is 5.73 Å². The quantitative estimate of drug-likeness (QED) is 0.781. The van der Waals surface area contributed by atoms with Gasteiger partial charge in [-0.3, -0.25) is 9.78 Å². The zero-order chi connectivity index (χ0) is 11.5. The predicted molar refractivity (Wildman–Crippen MR) is 58.5 cm³/mol. The Kier molecular flexibility index (Phi) is 2.64. The van der Waals surface area contributed by atoms with Crippen LogP contribution in [0, 0.1) is 5.82 Å². The van der Waals surface area contributed by atoms with E-state index in [1.165, 1.54) is 36.7 Å². The van der Waals surface area contributed by atoms with E-state index in [-0.39, 0.29) is 11.6 Å². The number of benzene rings is 1. The number of halogens is 1. The molecular formula is C12H9FN2O. The molecule has 2 N–H and O–H groups in total. The van der Waals surface area contributed by atoms with Crippen molar-refractivity contribution < 1.29 is 9.18 Å². The second-order valence-electron chi connectivity index (χ2n) is 3.30. The van der Waals surface area contributed by atoms with Crippen molar-refractivity contribution in [1.29, 1.82) is 0 Å². The fourth-order valence-corrected chi connectivity index (χ4v) is 1.35. The molecule has 1 aromatic heterocycles. The molecule has 1 heterocycles. The van der Waals surface area contributed by atoms with Gasteiger partial charge in [0.1, 0.15) is 5.82 Å². The predicted octanol–water partition coefficient (Wildman–Crippen LogP) is 2.03. The van der Waals surface area contributed by atoms with Crippen LogP contribution in [0.25, 0.3) is 0 Å². The van der Waals surface area contributed by atoms with Crippen molar-refractivity contribution in [2.45, 2.75) is 0 Å². The Morgan fingerprint density at radius 1 is 1.19 bits per heavy atom. The average Bonchev–Trinajstić information content (AvgIpc) is 2.30. The van der Waals surface area contributed by atoms with Gasteiger partial charge in [-0.15, -0.1) is 0 Å². The Morgan fingerprint density at radius 2 is 1.88 bits per heavy atom. The van der Waals surface area contributed by atoms with Gasteiger partial charge in [0.05, 0.1) is 5.56 Å². The first-order chi connectivity index (χ1) is 7.68. The van der Waals surface area contributed by atoms with Gasteiger partial charge in [0.15, 0.2) is 5.78 Å². The van der Waals surface area contributed by atoms with Crippen molar-refractivity contribution in [3.05, 3.63) is 59.7 Å². The average molecular weight is 216 g/mol. The molecule has 0 fully saturated rings. The second-order valence-corrected chi connectivity index (χ2v) is 3.30. The summed E-state index contributed by atoms with van der Waals surface area (Å²) >= 11 is 0. The van der Waals surface area contributed by atoms with E-state index in [1.807, 2.05) is 0 Å². The molecule has 0 spiro atoms. The first kappa shape index (κ1) is 10.3. The monoisotopic (exact) mass is 216 g/mol. The van der Waals surface area contributed by atoms with Gasteiger partial charge in [-0.05, 0) is 30.3 Å². The molecule has 0 saturated carbocycles. The highest BCUT2D eigenvalue weighted by Gasteiger charge is 2.11. The summed E-state index contributed by atoms with van der Waals surface area (Å²) in [7, 11) is 0. The molecule has 1 aromatic carbocycles. The van der Waals surface area contributed by atoms with Crippen LogP contribution in [0.2, 0.25) is 0 Å². The summed E-state index contributed by atoms with van der Waals surface area (Å²) in [5.74, 6) is -0.638. The molecule has 0 aliphatic heterocycles. The third-order valence-electron chi connectivity index (χ3n) is 2.21. The third-order valence-corrected chi connectivity index (χ3v) is 2.21. The lowest BCUT2D eigenvalue weighted by molar-refractivity contribution is 0.103. The van der Waals surface area contributed by atoms with Crippen LogP contribution < -0.4 is 5.73 Å². The Bertz CT molecular complexity index is 523. The van der Waals surface area contributed by atoms with Gasteiger partial charge in [0.2, 0.25) is 0 Å². The maximum Gasteiger partial charge on any atom is 0.196 e. The molecule has 0 amide bonds. The van der Waals surface area contributed by atoms with E-state index in [4.69, 9.17) is 5.73 Å². The van der Waals surface area contributed by atoms with Crippen LogP contribution in [0.4, 0.5) is 10.1 Å². The summed E-state index contributed by atoms with van der Waals surface area (Å²) in [6, 6.07) is 6.87. The smallest absolute Gasteiger partial charge is 0.196 e. The topological polar surface area (TPSA) is 56.0 Å². The lowest BCUT2D eigenvalue weighted by atomic mass is 10.0. The maximum atomic E-state index is 12.7. The van der Waals surface area contributed by atoms with E-state index in [0.29, 0.717) is 16.8 Å². The SMILES string of the molecule is Nc1ccncc1C(=O)c1ccc(F)cc1. The van der Waals surface area contributed by atoms with E-state index in [1.54, 1.807) is 6.07 Å². The molecule has 2 aromatic rings. The van der Waals surface area contributed by atoms with E-state index < -0.39 is 0 Å². The van der Waals surface area contributed by atoms with Gasteiger partial charge in [-0.25, -0.2) is 4.39 Å². The minimum atomic E-state index is -0.379. The Labute approximate surface area is 91.7 Å². The number of anilines is 1.